The highest BCUT2D eigenvalue weighted by atomic mass is 32.2. The molecule has 0 bridgehead atoms. The summed E-state index contributed by atoms with van der Waals surface area (Å²) >= 11 is 0. The first-order chi connectivity index (χ1) is 8.57. The largest absolute Gasteiger partial charge is 0.701 e. The van der Waals surface area contributed by atoms with Gasteiger partial charge in [-0.3, -0.25) is 0 Å². The van der Waals surface area contributed by atoms with Crippen molar-refractivity contribution in [1.82, 2.24) is 0 Å². The third kappa shape index (κ3) is 3.16. The van der Waals surface area contributed by atoms with Crippen molar-refractivity contribution < 1.29 is 17.3 Å². The Kier molecular flexibility index (Phi) is 3.76. The van der Waals surface area contributed by atoms with E-state index in [-0.39, 0.29) is 10.8 Å². The lowest BCUT2D eigenvalue weighted by atomic mass is 10.2. The van der Waals surface area contributed by atoms with Crippen LogP contribution in [-0.2, 0) is 16.8 Å². The van der Waals surface area contributed by atoms with E-state index in [9.17, 15) is 13.0 Å². The molecule has 1 unspecified atom stereocenters. The minimum absolute atomic E-state index is 0.0886. The Hall–Kier alpha value is -1.69. The van der Waals surface area contributed by atoms with E-state index in [1.807, 2.05) is 18.2 Å². The van der Waals surface area contributed by atoms with Gasteiger partial charge in [-0.05, 0) is 0 Å². The van der Waals surface area contributed by atoms with E-state index in [1.165, 1.54) is 0 Å². The third-order valence-corrected chi connectivity index (χ3v) is 3.59. The van der Waals surface area contributed by atoms with Crippen LogP contribution in [0.5, 0.6) is 0 Å². The minimum atomic E-state index is -4.45. The number of nitrogens with one attached hydrogen (secondary N) is 1. The molecule has 0 saturated carbocycles. The summed E-state index contributed by atoms with van der Waals surface area (Å²) in [5, 5.41) is 0. The highest BCUT2D eigenvalue weighted by molar-refractivity contribution is 7.79. The van der Waals surface area contributed by atoms with Crippen molar-refractivity contribution in [2.24, 2.45) is 0 Å². The molecular weight excluding hydrogens is 250 g/mol. The van der Waals surface area contributed by atoms with Crippen molar-refractivity contribution in [2.75, 3.05) is 0 Å². The van der Waals surface area contributed by atoms with Gasteiger partial charge in [0.15, 0.2) is 0 Å². The molecule has 0 radical (unpaired) electrons. The quantitative estimate of drug-likeness (QED) is 0.832. The molecule has 0 heterocycles. The monoisotopic (exact) mass is 263 g/mol. The Morgan fingerprint density at radius 1 is 0.889 bits per heavy atom. The molecule has 0 saturated heterocycles. The number of rotatable bonds is 4. The van der Waals surface area contributed by atoms with Crippen LogP contribution in [0.1, 0.15) is 5.56 Å². The molecule has 1 N–H and O–H groups in total. The van der Waals surface area contributed by atoms with Crippen LogP contribution in [0.3, 0.4) is 0 Å². The maximum atomic E-state index is 11.3. The van der Waals surface area contributed by atoms with E-state index < -0.39 is 10.3 Å². The standard InChI is InChI=1S/C13H13NO3S/c15-18(16,17)14(13-9-5-2-6-10-13)11-12-7-3-1-4-8-12/h1-10H,11H2,(H,15,16,17). The van der Waals surface area contributed by atoms with Crippen molar-refractivity contribution in [2.45, 2.75) is 6.54 Å². The number of benzene rings is 2. The fourth-order valence-electron chi connectivity index (χ4n) is 1.74. The van der Waals surface area contributed by atoms with Crippen LogP contribution >= 0.6 is 0 Å². The first kappa shape index (κ1) is 12.8. The number of hydrogen-bond donors (Lipinski definition) is 1. The molecule has 1 atom stereocenters. The van der Waals surface area contributed by atoms with E-state index in [0.29, 0.717) is 5.69 Å². The zero-order valence-corrected chi connectivity index (χ0v) is 10.4. The summed E-state index contributed by atoms with van der Waals surface area (Å²) < 4.78 is 33.9. The Morgan fingerprint density at radius 2 is 1.39 bits per heavy atom. The molecule has 2 rings (SSSR count). The van der Waals surface area contributed by atoms with Gasteiger partial charge in [0, 0.05) is 17.7 Å². The normalized spacial score (nSPS) is 13.2. The molecule has 0 spiro atoms. The first-order valence-corrected chi connectivity index (χ1v) is 6.89. The summed E-state index contributed by atoms with van der Waals surface area (Å²) in [7, 11) is -4.45. The SMILES string of the molecule is O=S(=O)([O-])[NH+](Cc1ccccc1)c1ccccc1. The van der Waals surface area contributed by atoms with Gasteiger partial charge in [-0.1, -0.05) is 48.5 Å². The highest BCUT2D eigenvalue weighted by Gasteiger charge is 2.19. The number of quaternary nitrogens is 1. The molecule has 0 aliphatic heterocycles. The molecule has 0 aromatic heterocycles. The fourth-order valence-corrected chi connectivity index (χ4v) is 2.51. The van der Waals surface area contributed by atoms with Gasteiger partial charge in [0.25, 0.3) is 10.3 Å². The van der Waals surface area contributed by atoms with Gasteiger partial charge in [-0.25, -0.2) is 4.31 Å². The van der Waals surface area contributed by atoms with Gasteiger partial charge in [-0.15, -0.1) is 0 Å². The summed E-state index contributed by atoms with van der Waals surface area (Å²) in [5.41, 5.74) is 1.26. The van der Waals surface area contributed by atoms with Crippen molar-refractivity contribution in [1.29, 1.82) is 0 Å². The topological polar surface area (TPSA) is 61.6 Å². The van der Waals surface area contributed by atoms with Crippen LogP contribution in [0, 0.1) is 0 Å². The second kappa shape index (κ2) is 5.30. The number of hydrogen-bond acceptors (Lipinski definition) is 3. The summed E-state index contributed by atoms with van der Waals surface area (Å²) in [6, 6.07) is 17.5. The van der Waals surface area contributed by atoms with Crippen molar-refractivity contribution >= 4 is 16.0 Å². The summed E-state index contributed by atoms with van der Waals surface area (Å²) in [6.45, 7) is 0.122. The van der Waals surface area contributed by atoms with Gasteiger partial charge in [0.05, 0.1) is 0 Å². The molecule has 0 aliphatic rings. The van der Waals surface area contributed by atoms with Crippen molar-refractivity contribution in [3.8, 4) is 0 Å². The molecular formula is C13H13NO3S. The molecule has 94 valence electrons. The molecule has 18 heavy (non-hydrogen) atoms. The Morgan fingerprint density at radius 3 is 1.89 bits per heavy atom. The summed E-state index contributed by atoms with van der Waals surface area (Å²) in [5.74, 6) is 0. The molecule has 2 aromatic carbocycles. The molecule has 0 aliphatic carbocycles. The maximum absolute atomic E-state index is 11.3. The predicted octanol–water partition coefficient (Wildman–Crippen LogP) is 0.863. The van der Waals surface area contributed by atoms with E-state index in [0.717, 1.165) is 5.56 Å². The lowest BCUT2D eigenvalue weighted by Crippen LogP contribution is -3.07. The van der Waals surface area contributed by atoms with Gasteiger partial charge < -0.3 is 4.55 Å². The van der Waals surface area contributed by atoms with Crippen molar-refractivity contribution in [3.63, 3.8) is 0 Å². The maximum Gasteiger partial charge on any atom is 0.257 e. The van der Waals surface area contributed by atoms with Crippen LogP contribution in [0.15, 0.2) is 60.7 Å². The van der Waals surface area contributed by atoms with E-state index in [2.05, 4.69) is 0 Å². The van der Waals surface area contributed by atoms with Crippen LogP contribution in [0.2, 0.25) is 0 Å². The van der Waals surface area contributed by atoms with Crippen LogP contribution in [-0.4, -0.2) is 13.0 Å². The molecule has 5 heteroatoms. The Bertz CT molecular complexity index is 597. The second-order valence-corrected chi connectivity index (χ2v) is 5.31. The third-order valence-electron chi connectivity index (χ3n) is 2.61. The van der Waals surface area contributed by atoms with Crippen LogP contribution in [0.25, 0.3) is 0 Å². The van der Waals surface area contributed by atoms with Gasteiger partial charge in [0.2, 0.25) is 0 Å². The van der Waals surface area contributed by atoms with Gasteiger partial charge in [0.1, 0.15) is 12.2 Å². The molecule has 2 aromatic rings. The molecule has 0 amide bonds. The Labute approximate surface area is 106 Å². The van der Waals surface area contributed by atoms with Crippen molar-refractivity contribution in [3.05, 3.63) is 66.2 Å². The van der Waals surface area contributed by atoms with E-state index in [1.54, 1.807) is 42.5 Å². The second-order valence-electron chi connectivity index (χ2n) is 3.91. The first-order valence-electron chi connectivity index (χ1n) is 5.48. The van der Waals surface area contributed by atoms with Crippen LogP contribution in [0.4, 0.5) is 5.69 Å². The lowest BCUT2D eigenvalue weighted by Gasteiger charge is -2.21. The molecule has 0 fully saturated rings. The average Bonchev–Trinajstić information content (AvgIpc) is 2.37. The van der Waals surface area contributed by atoms with Gasteiger partial charge in [-0.2, -0.15) is 8.42 Å². The Balaban J connectivity index is 2.34. The average molecular weight is 263 g/mol. The number of para-hydroxylation sites is 1. The van der Waals surface area contributed by atoms with Gasteiger partial charge >= 0.3 is 0 Å². The summed E-state index contributed by atoms with van der Waals surface area (Å²) in [6.07, 6.45) is 0. The molecule has 4 nitrogen and oxygen atoms in total. The summed E-state index contributed by atoms with van der Waals surface area (Å²) in [4.78, 5) is 0. The zero-order chi connectivity index (χ0) is 13.0. The highest BCUT2D eigenvalue weighted by Crippen LogP contribution is 2.03. The zero-order valence-electron chi connectivity index (χ0n) is 9.61. The lowest BCUT2D eigenvalue weighted by molar-refractivity contribution is -0.713. The van der Waals surface area contributed by atoms with Crippen LogP contribution < -0.4 is 4.31 Å². The van der Waals surface area contributed by atoms with E-state index >= 15 is 0 Å². The smallest absolute Gasteiger partial charge is 0.257 e. The fraction of sp³-hybridized carbons (Fsp3) is 0.0769. The van der Waals surface area contributed by atoms with E-state index in [4.69, 9.17) is 0 Å². The minimum Gasteiger partial charge on any atom is -0.701 e. The predicted molar refractivity (Wildman–Crippen MR) is 66.9 cm³/mol.